The number of halogens is 1. The smallest absolute Gasteiger partial charge is 0.120 e. The third-order valence-corrected chi connectivity index (χ3v) is 3.97. The first kappa shape index (κ1) is 12.3. The van der Waals surface area contributed by atoms with Crippen molar-refractivity contribution in [2.75, 3.05) is 23.9 Å². The summed E-state index contributed by atoms with van der Waals surface area (Å²) in [5.74, 6) is 0.782. The summed E-state index contributed by atoms with van der Waals surface area (Å²) >= 11 is 3.51. The maximum Gasteiger partial charge on any atom is 0.120 e. The van der Waals surface area contributed by atoms with E-state index in [2.05, 4.69) is 33.8 Å². The van der Waals surface area contributed by atoms with Gasteiger partial charge in [-0.25, -0.2) is 0 Å². The lowest BCUT2D eigenvalue weighted by Crippen LogP contribution is -2.34. The summed E-state index contributed by atoms with van der Waals surface area (Å²) in [7, 11) is 1.66. The third kappa shape index (κ3) is 1.89. The zero-order valence-corrected chi connectivity index (χ0v) is 11.6. The topological polar surface area (TPSA) is 36.3 Å². The molecule has 2 atom stereocenters. The standard InChI is InChI=1S/C13H15BrN2O/c1-3-16-12-6-9(17-2)4-5-10(12)11(8-15)13(16)7-14/h4-6,11,13H,3,7H2,1-2H3. The van der Waals surface area contributed by atoms with Gasteiger partial charge in [-0.2, -0.15) is 5.26 Å². The highest BCUT2D eigenvalue weighted by Crippen LogP contribution is 2.42. The van der Waals surface area contributed by atoms with E-state index in [0.717, 1.165) is 28.9 Å². The van der Waals surface area contributed by atoms with Crippen molar-refractivity contribution in [1.29, 1.82) is 5.26 Å². The first-order chi connectivity index (χ1) is 8.26. The largest absolute Gasteiger partial charge is 0.497 e. The molecule has 0 radical (unpaired) electrons. The van der Waals surface area contributed by atoms with Gasteiger partial charge >= 0.3 is 0 Å². The highest BCUT2D eigenvalue weighted by molar-refractivity contribution is 9.09. The molecule has 0 fully saturated rings. The Balaban J connectivity index is 2.50. The van der Waals surface area contributed by atoms with Crippen molar-refractivity contribution < 1.29 is 4.74 Å². The minimum absolute atomic E-state index is 0.0600. The molecule has 0 saturated heterocycles. The van der Waals surface area contributed by atoms with Crippen LogP contribution in [0.4, 0.5) is 5.69 Å². The second-order valence-corrected chi connectivity index (χ2v) is 4.69. The van der Waals surface area contributed by atoms with Crippen LogP contribution in [-0.4, -0.2) is 25.0 Å². The maximum atomic E-state index is 9.33. The van der Waals surface area contributed by atoms with Gasteiger partial charge in [0.1, 0.15) is 5.75 Å². The molecule has 1 aromatic rings. The minimum Gasteiger partial charge on any atom is -0.497 e. The van der Waals surface area contributed by atoms with Crippen molar-refractivity contribution in [2.24, 2.45) is 0 Å². The van der Waals surface area contributed by atoms with E-state index in [9.17, 15) is 5.26 Å². The van der Waals surface area contributed by atoms with E-state index in [1.807, 2.05) is 18.2 Å². The Bertz CT molecular complexity index is 455. The average molecular weight is 295 g/mol. The number of hydrogen-bond acceptors (Lipinski definition) is 3. The fourth-order valence-electron chi connectivity index (χ4n) is 2.46. The van der Waals surface area contributed by atoms with E-state index < -0.39 is 0 Å². The SMILES string of the molecule is CCN1c2cc(OC)ccc2C(C#N)C1CBr. The Kier molecular flexibility index (Phi) is 3.58. The molecule has 0 N–H and O–H groups in total. The van der Waals surface area contributed by atoms with E-state index in [1.54, 1.807) is 7.11 Å². The second-order valence-electron chi connectivity index (χ2n) is 4.04. The monoisotopic (exact) mass is 294 g/mol. The number of fused-ring (bicyclic) bond motifs is 1. The molecule has 0 amide bonds. The van der Waals surface area contributed by atoms with Gasteiger partial charge in [0.05, 0.1) is 25.1 Å². The molecule has 90 valence electrons. The molecule has 1 aliphatic rings. The number of nitriles is 1. The second kappa shape index (κ2) is 4.97. The first-order valence-electron chi connectivity index (χ1n) is 5.67. The highest BCUT2D eigenvalue weighted by Gasteiger charge is 2.37. The summed E-state index contributed by atoms with van der Waals surface area (Å²) in [5, 5.41) is 10.1. The zero-order chi connectivity index (χ0) is 12.4. The number of ether oxygens (including phenoxy) is 1. The van der Waals surface area contributed by atoms with Crippen LogP contribution in [0.25, 0.3) is 0 Å². The molecular weight excluding hydrogens is 280 g/mol. The minimum atomic E-state index is -0.0600. The van der Waals surface area contributed by atoms with Crippen LogP contribution in [0.1, 0.15) is 18.4 Å². The Morgan fingerprint density at radius 1 is 1.53 bits per heavy atom. The lowest BCUT2D eigenvalue weighted by molar-refractivity contribution is 0.415. The summed E-state index contributed by atoms with van der Waals surface area (Å²) in [5.41, 5.74) is 2.24. The summed E-state index contributed by atoms with van der Waals surface area (Å²) in [6.45, 7) is 3.01. The van der Waals surface area contributed by atoms with Gasteiger partial charge in [-0.15, -0.1) is 0 Å². The van der Waals surface area contributed by atoms with Crippen molar-refractivity contribution in [3.8, 4) is 11.8 Å². The predicted molar refractivity (Wildman–Crippen MR) is 72.0 cm³/mol. The van der Waals surface area contributed by atoms with Crippen LogP contribution in [0.5, 0.6) is 5.75 Å². The number of likely N-dealkylation sites (N-methyl/N-ethyl adjacent to an activating group) is 1. The van der Waals surface area contributed by atoms with Gasteiger partial charge in [0.15, 0.2) is 0 Å². The molecule has 17 heavy (non-hydrogen) atoms. The van der Waals surface area contributed by atoms with E-state index >= 15 is 0 Å². The number of anilines is 1. The number of hydrogen-bond donors (Lipinski definition) is 0. The summed E-state index contributed by atoms with van der Waals surface area (Å²) in [4.78, 5) is 2.26. The molecule has 1 aromatic carbocycles. The van der Waals surface area contributed by atoms with Crippen LogP contribution in [0.3, 0.4) is 0 Å². The van der Waals surface area contributed by atoms with Crippen molar-refractivity contribution >= 4 is 21.6 Å². The highest BCUT2D eigenvalue weighted by atomic mass is 79.9. The van der Waals surface area contributed by atoms with Gasteiger partial charge in [0, 0.05) is 23.6 Å². The molecule has 3 nitrogen and oxygen atoms in total. The van der Waals surface area contributed by atoms with Crippen LogP contribution >= 0.6 is 15.9 Å². The first-order valence-corrected chi connectivity index (χ1v) is 6.79. The van der Waals surface area contributed by atoms with Gasteiger partial charge in [0.25, 0.3) is 0 Å². The Morgan fingerprint density at radius 3 is 2.82 bits per heavy atom. The van der Waals surface area contributed by atoms with Gasteiger partial charge < -0.3 is 9.64 Å². The van der Waals surface area contributed by atoms with Crippen LogP contribution < -0.4 is 9.64 Å². The number of alkyl halides is 1. The summed E-state index contributed by atoms with van der Waals surface area (Å²) in [6, 6.07) is 8.58. The van der Waals surface area contributed by atoms with Gasteiger partial charge in [-0.1, -0.05) is 22.0 Å². The Labute approximate surface area is 110 Å². The van der Waals surface area contributed by atoms with E-state index in [0.29, 0.717) is 0 Å². The molecule has 0 saturated carbocycles. The van der Waals surface area contributed by atoms with Crippen LogP contribution in [-0.2, 0) is 0 Å². The number of nitrogens with zero attached hydrogens (tertiary/aromatic N) is 2. The lowest BCUT2D eigenvalue weighted by Gasteiger charge is -2.25. The van der Waals surface area contributed by atoms with Crippen molar-refractivity contribution in [3.05, 3.63) is 23.8 Å². The quantitative estimate of drug-likeness (QED) is 0.804. The Hall–Kier alpha value is -1.21. The molecule has 0 aromatic heterocycles. The number of methoxy groups -OCH3 is 1. The number of benzene rings is 1. The lowest BCUT2D eigenvalue weighted by atomic mass is 9.98. The van der Waals surface area contributed by atoms with Gasteiger partial charge in [-0.05, 0) is 18.6 Å². The van der Waals surface area contributed by atoms with Crippen LogP contribution in [0, 0.1) is 11.3 Å². The molecule has 1 heterocycles. The predicted octanol–water partition coefficient (Wildman–Crippen LogP) is 2.91. The number of rotatable bonds is 3. The maximum absolute atomic E-state index is 9.33. The Morgan fingerprint density at radius 2 is 2.29 bits per heavy atom. The molecule has 0 bridgehead atoms. The molecule has 1 aliphatic heterocycles. The molecule has 0 spiro atoms. The molecular formula is C13H15BrN2O. The van der Waals surface area contributed by atoms with Crippen LogP contribution in [0.2, 0.25) is 0 Å². The third-order valence-electron chi connectivity index (χ3n) is 3.31. The molecule has 2 rings (SSSR count). The van der Waals surface area contributed by atoms with Gasteiger partial charge in [-0.3, -0.25) is 0 Å². The van der Waals surface area contributed by atoms with E-state index in [4.69, 9.17) is 4.74 Å². The summed E-state index contributed by atoms with van der Waals surface area (Å²) < 4.78 is 5.25. The zero-order valence-electron chi connectivity index (χ0n) is 9.98. The van der Waals surface area contributed by atoms with E-state index in [1.165, 1.54) is 0 Å². The van der Waals surface area contributed by atoms with Crippen molar-refractivity contribution in [1.82, 2.24) is 0 Å². The van der Waals surface area contributed by atoms with Crippen molar-refractivity contribution in [3.63, 3.8) is 0 Å². The molecule has 0 aliphatic carbocycles. The summed E-state index contributed by atoms with van der Waals surface area (Å²) in [6.07, 6.45) is 0. The van der Waals surface area contributed by atoms with Crippen LogP contribution in [0.15, 0.2) is 18.2 Å². The van der Waals surface area contributed by atoms with E-state index in [-0.39, 0.29) is 12.0 Å². The fourth-order valence-corrected chi connectivity index (χ4v) is 3.18. The molecule has 2 unspecified atom stereocenters. The van der Waals surface area contributed by atoms with Crippen molar-refractivity contribution in [2.45, 2.75) is 18.9 Å². The normalized spacial score (nSPS) is 22.1. The molecule has 4 heteroatoms. The fraction of sp³-hybridized carbons (Fsp3) is 0.462. The van der Waals surface area contributed by atoms with Gasteiger partial charge in [0.2, 0.25) is 0 Å². The average Bonchev–Trinajstić information content (AvgIpc) is 2.69.